The van der Waals surface area contributed by atoms with Crippen LogP contribution in [0.15, 0.2) is 24.3 Å². The van der Waals surface area contributed by atoms with Gasteiger partial charge in [-0.05, 0) is 25.8 Å². The Balaban J connectivity index is 2.54. The number of hydrogen-bond acceptors (Lipinski definition) is 3. The highest BCUT2D eigenvalue weighted by Crippen LogP contribution is 2.10. The molecule has 0 bridgehead atoms. The van der Waals surface area contributed by atoms with Gasteiger partial charge in [0.2, 0.25) is 0 Å². The molecule has 5 nitrogen and oxygen atoms in total. The second-order valence-corrected chi connectivity index (χ2v) is 4.68. The molecule has 1 aromatic rings. The highest BCUT2D eigenvalue weighted by molar-refractivity contribution is 5.83. The number of carbonyl (C=O) groups is 2. The van der Waals surface area contributed by atoms with E-state index in [1.165, 1.54) is 6.92 Å². The van der Waals surface area contributed by atoms with E-state index in [2.05, 4.69) is 5.32 Å². The van der Waals surface area contributed by atoms with E-state index >= 15 is 0 Å². The first-order valence-electron chi connectivity index (χ1n) is 6.11. The van der Waals surface area contributed by atoms with Crippen LogP contribution >= 0.6 is 0 Å². The maximum absolute atomic E-state index is 11.6. The predicted octanol–water partition coefficient (Wildman–Crippen LogP) is 2.47. The number of nitrogens with one attached hydrogen (secondary N) is 1. The van der Waals surface area contributed by atoms with Crippen LogP contribution in [-0.4, -0.2) is 22.7 Å². The van der Waals surface area contributed by atoms with Gasteiger partial charge in [0.05, 0.1) is 0 Å². The summed E-state index contributed by atoms with van der Waals surface area (Å²) in [5.41, 5.74) is 0.637. The fourth-order valence-electron chi connectivity index (χ4n) is 1.51. The van der Waals surface area contributed by atoms with Crippen LogP contribution in [0.3, 0.4) is 0 Å². The largest absolute Gasteiger partial charge is 0.480 e. The minimum atomic E-state index is -1.30. The minimum Gasteiger partial charge on any atom is -0.480 e. The summed E-state index contributed by atoms with van der Waals surface area (Å²) in [7, 11) is 0. The van der Waals surface area contributed by atoms with Gasteiger partial charge in [-0.25, -0.2) is 9.59 Å². The van der Waals surface area contributed by atoms with E-state index in [4.69, 9.17) is 9.84 Å². The van der Waals surface area contributed by atoms with Crippen molar-refractivity contribution in [3.05, 3.63) is 35.4 Å². The van der Waals surface area contributed by atoms with Gasteiger partial charge < -0.3 is 15.2 Å². The Morgan fingerprint density at radius 3 is 2.63 bits per heavy atom. The zero-order chi connectivity index (χ0) is 14.5. The monoisotopic (exact) mass is 265 g/mol. The van der Waals surface area contributed by atoms with Crippen LogP contribution in [0.5, 0.6) is 0 Å². The molecule has 1 aromatic carbocycles. The van der Waals surface area contributed by atoms with Crippen molar-refractivity contribution >= 4 is 12.1 Å². The summed E-state index contributed by atoms with van der Waals surface area (Å²) in [5, 5.41) is 11.4. The SMILES string of the molecule is CC[C@](C)(NC(=O)OCc1cccc(C)c1)C(=O)O. The molecule has 0 aliphatic rings. The Labute approximate surface area is 112 Å². The van der Waals surface area contributed by atoms with Crippen molar-refractivity contribution in [2.24, 2.45) is 0 Å². The lowest BCUT2D eigenvalue weighted by atomic mass is 10.00. The number of carboxylic acids is 1. The van der Waals surface area contributed by atoms with Gasteiger partial charge in [-0.3, -0.25) is 0 Å². The quantitative estimate of drug-likeness (QED) is 0.857. The number of carbonyl (C=O) groups excluding carboxylic acids is 1. The molecular formula is C14H19NO4. The van der Waals surface area contributed by atoms with E-state index in [-0.39, 0.29) is 13.0 Å². The first kappa shape index (κ1) is 15.0. The Kier molecular flexibility index (Phi) is 4.92. The van der Waals surface area contributed by atoms with Crippen LogP contribution in [0.2, 0.25) is 0 Å². The van der Waals surface area contributed by atoms with Gasteiger partial charge in [0, 0.05) is 0 Å². The van der Waals surface area contributed by atoms with Gasteiger partial charge >= 0.3 is 12.1 Å². The van der Waals surface area contributed by atoms with Gasteiger partial charge in [0.25, 0.3) is 0 Å². The molecule has 0 saturated heterocycles. The molecule has 5 heteroatoms. The van der Waals surface area contributed by atoms with Gasteiger partial charge in [-0.1, -0.05) is 36.8 Å². The summed E-state index contributed by atoms with van der Waals surface area (Å²) in [6, 6.07) is 7.57. The molecule has 104 valence electrons. The van der Waals surface area contributed by atoms with Crippen LogP contribution in [-0.2, 0) is 16.1 Å². The number of aryl methyl sites for hydroxylation is 1. The van der Waals surface area contributed by atoms with E-state index in [1.807, 2.05) is 31.2 Å². The van der Waals surface area contributed by atoms with Crippen molar-refractivity contribution in [3.63, 3.8) is 0 Å². The maximum Gasteiger partial charge on any atom is 0.408 e. The number of carboxylic acid groups (broad SMARTS) is 1. The lowest BCUT2D eigenvalue weighted by Crippen LogP contribution is -2.51. The first-order valence-corrected chi connectivity index (χ1v) is 6.11. The molecule has 0 aromatic heterocycles. The molecule has 1 rings (SSSR count). The van der Waals surface area contributed by atoms with Crippen LogP contribution in [0.4, 0.5) is 4.79 Å². The molecule has 1 atom stereocenters. The second kappa shape index (κ2) is 6.22. The predicted molar refractivity (Wildman–Crippen MR) is 70.8 cm³/mol. The second-order valence-electron chi connectivity index (χ2n) is 4.68. The fourth-order valence-corrected chi connectivity index (χ4v) is 1.51. The average molecular weight is 265 g/mol. The Morgan fingerprint density at radius 2 is 2.11 bits per heavy atom. The highest BCUT2D eigenvalue weighted by Gasteiger charge is 2.33. The van der Waals surface area contributed by atoms with E-state index in [0.717, 1.165) is 11.1 Å². The molecule has 0 heterocycles. The molecule has 0 unspecified atom stereocenters. The number of ether oxygens (including phenoxy) is 1. The minimum absolute atomic E-state index is 0.118. The molecule has 0 spiro atoms. The Bertz CT molecular complexity index is 472. The zero-order valence-corrected chi connectivity index (χ0v) is 11.4. The normalized spacial score (nSPS) is 13.4. The van der Waals surface area contributed by atoms with Crippen molar-refractivity contribution < 1.29 is 19.4 Å². The number of benzene rings is 1. The molecule has 0 saturated carbocycles. The van der Waals surface area contributed by atoms with Crippen molar-refractivity contribution in [2.75, 3.05) is 0 Å². The third-order valence-electron chi connectivity index (χ3n) is 3.01. The summed E-state index contributed by atoms with van der Waals surface area (Å²) < 4.78 is 5.02. The molecular weight excluding hydrogens is 246 g/mol. The van der Waals surface area contributed by atoms with Crippen molar-refractivity contribution in [1.82, 2.24) is 5.32 Å². The van der Waals surface area contributed by atoms with Gasteiger partial charge in [0.1, 0.15) is 12.1 Å². The van der Waals surface area contributed by atoms with E-state index in [1.54, 1.807) is 6.92 Å². The summed E-state index contributed by atoms with van der Waals surface area (Å²) in [6.07, 6.45) is -0.449. The summed E-state index contributed by atoms with van der Waals surface area (Å²) in [5.74, 6) is -1.08. The van der Waals surface area contributed by atoms with E-state index in [9.17, 15) is 9.59 Å². The molecule has 19 heavy (non-hydrogen) atoms. The first-order chi connectivity index (χ1) is 8.87. The summed E-state index contributed by atoms with van der Waals surface area (Å²) >= 11 is 0. The summed E-state index contributed by atoms with van der Waals surface area (Å²) in [4.78, 5) is 22.6. The van der Waals surface area contributed by atoms with E-state index in [0.29, 0.717) is 0 Å². The molecule has 2 N–H and O–H groups in total. The molecule has 0 aliphatic heterocycles. The standard InChI is InChI=1S/C14H19NO4/c1-4-14(3,12(16)17)15-13(18)19-9-11-7-5-6-10(2)8-11/h5-8H,4,9H2,1-3H3,(H,15,18)(H,16,17)/t14-/m0/s1. The van der Waals surface area contributed by atoms with Crippen molar-refractivity contribution in [1.29, 1.82) is 0 Å². The van der Waals surface area contributed by atoms with E-state index < -0.39 is 17.6 Å². The fraction of sp³-hybridized carbons (Fsp3) is 0.429. The molecule has 0 fully saturated rings. The van der Waals surface area contributed by atoms with Gasteiger partial charge in [0.15, 0.2) is 0 Å². The van der Waals surface area contributed by atoms with Crippen LogP contribution in [0, 0.1) is 6.92 Å². The number of hydrogen-bond donors (Lipinski definition) is 2. The topological polar surface area (TPSA) is 75.6 Å². The highest BCUT2D eigenvalue weighted by atomic mass is 16.5. The Morgan fingerprint density at radius 1 is 1.42 bits per heavy atom. The zero-order valence-electron chi connectivity index (χ0n) is 11.4. The molecule has 1 amide bonds. The molecule has 0 radical (unpaired) electrons. The lowest BCUT2D eigenvalue weighted by molar-refractivity contribution is -0.144. The maximum atomic E-state index is 11.6. The number of alkyl carbamates (subject to hydrolysis) is 1. The smallest absolute Gasteiger partial charge is 0.408 e. The van der Waals surface area contributed by atoms with Gasteiger partial charge in [-0.2, -0.15) is 0 Å². The number of aliphatic carboxylic acids is 1. The number of amides is 1. The van der Waals surface area contributed by atoms with Crippen molar-refractivity contribution in [3.8, 4) is 0 Å². The average Bonchev–Trinajstić information content (AvgIpc) is 2.36. The Hall–Kier alpha value is -2.04. The number of rotatable bonds is 5. The third-order valence-corrected chi connectivity index (χ3v) is 3.01. The molecule has 0 aliphatic carbocycles. The lowest BCUT2D eigenvalue weighted by Gasteiger charge is -2.23. The van der Waals surface area contributed by atoms with Crippen LogP contribution < -0.4 is 5.32 Å². The van der Waals surface area contributed by atoms with Crippen LogP contribution in [0.1, 0.15) is 31.4 Å². The summed E-state index contributed by atoms with van der Waals surface area (Å²) in [6.45, 7) is 5.20. The van der Waals surface area contributed by atoms with Crippen molar-refractivity contribution in [2.45, 2.75) is 39.3 Å². The van der Waals surface area contributed by atoms with Crippen LogP contribution in [0.25, 0.3) is 0 Å². The van der Waals surface area contributed by atoms with Gasteiger partial charge in [-0.15, -0.1) is 0 Å². The third kappa shape index (κ3) is 4.28.